The van der Waals surface area contributed by atoms with Crippen LogP contribution in [0.2, 0.25) is 0 Å². The second-order valence-electron chi connectivity index (χ2n) is 7.84. The monoisotopic (exact) mass is 399 g/mol. The molecule has 2 aliphatic rings. The summed E-state index contributed by atoms with van der Waals surface area (Å²) in [4.78, 5) is 38.7. The Hall–Kier alpha value is -2.83. The molecule has 29 heavy (non-hydrogen) atoms. The van der Waals surface area contributed by atoms with Crippen molar-refractivity contribution in [1.82, 2.24) is 15.5 Å². The lowest BCUT2D eigenvalue weighted by Gasteiger charge is -2.23. The molecule has 0 saturated carbocycles. The van der Waals surface area contributed by atoms with Gasteiger partial charge in [-0.1, -0.05) is 17.7 Å². The number of methoxy groups -OCH3 is 1. The number of benzene rings is 1. The Morgan fingerprint density at radius 3 is 2.76 bits per heavy atom. The fraction of sp³-hybridized carbons (Fsp3) is 0.500. The van der Waals surface area contributed by atoms with Crippen LogP contribution >= 0.6 is 0 Å². The van der Waals surface area contributed by atoms with Gasteiger partial charge in [0.2, 0.25) is 5.91 Å². The molecule has 156 valence electrons. The van der Waals surface area contributed by atoms with Gasteiger partial charge in [-0.2, -0.15) is 0 Å². The maximum Gasteiger partial charge on any atom is 0.325 e. The third kappa shape index (κ3) is 4.44. The molecule has 1 saturated heterocycles. The Balaban J connectivity index is 1.61. The van der Waals surface area contributed by atoms with Crippen molar-refractivity contribution >= 4 is 17.8 Å². The molecular weight excluding hydrogens is 370 g/mol. The fourth-order valence-corrected chi connectivity index (χ4v) is 3.92. The standard InChI is InChI=1S/C22H29N3O4/c1-15-13-17(9-10-18(15)29-3)22(2)20(27)25(21(28)24-22)14-19(26)23-12-11-16-7-5-4-6-8-16/h7,9-10,13H,4-6,8,11-12,14H2,1-3H3,(H,23,26)(H,24,28). The molecule has 1 aliphatic heterocycles. The second kappa shape index (κ2) is 8.68. The molecule has 1 heterocycles. The molecular formula is C22H29N3O4. The molecule has 4 amide bonds. The van der Waals surface area contributed by atoms with Crippen molar-refractivity contribution in [3.63, 3.8) is 0 Å². The van der Waals surface area contributed by atoms with Gasteiger partial charge in [-0.15, -0.1) is 0 Å². The lowest BCUT2D eigenvalue weighted by atomic mass is 9.90. The van der Waals surface area contributed by atoms with Crippen LogP contribution in [0.4, 0.5) is 4.79 Å². The van der Waals surface area contributed by atoms with Crippen molar-refractivity contribution in [2.45, 2.75) is 51.5 Å². The van der Waals surface area contributed by atoms with Crippen molar-refractivity contribution in [2.24, 2.45) is 0 Å². The van der Waals surface area contributed by atoms with Gasteiger partial charge in [0.1, 0.15) is 17.8 Å². The summed E-state index contributed by atoms with van der Waals surface area (Å²) in [6.07, 6.45) is 7.68. The maximum absolute atomic E-state index is 13.0. The third-order valence-corrected chi connectivity index (χ3v) is 5.70. The number of allylic oxidation sites excluding steroid dienone is 1. The maximum atomic E-state index is 13.0. The first-order chi connectivity index (χ1) is 13.8. The fourth-order valence-electron chi connectivity index (χ4n) is 3.92. The summed E-state index contributed by atoms with van der Waals surface area (Å²) in [5, 5.41) is 5.55. The largest absolute Gasteiger partial charge is 0.496 e. The van der Waals surface area contributed by atoms with Crippen molar-refractivity contribution < 1.29 is 19.1 Å². The van der Waals surface area contributed by atoms with Gasteiger partial charge in [-0.3, -0.25) is 14.5 Å². The first-order valence-electron chi connectivity index (χ1n) is 10.1. The molecule has 7 nitrogen and oxygen atoms in total. The van der Waals surface area contributed by atoms with Crippen LogP contribution in [-0.2, 0) is 15.1 Å². The van der Waals surface area contributed by atoms with Gasteiger partial charge in [-0.25, -0.2) is 4.79 Å². The zero-order chi connectivity index (χ0) is 21.0. The Bertz CT molecular complexity index is 848. The van der Waals surface area contributed by atoms with Crippen molar-refractivity contribution in [3.8, 4) is 5.75 Å². The van der Waals surface area contributed by atoms with E-state index < -0.39 is 17.5 Å². The average Bonchev–Trinajstić information content (AvgIpc) is 2.92. The quantitative estimate of drug-likeness (QED) is 0.545. The van der Waals surface area contributed by atoms with Gasteiger partial charge < -0.3 is 15.4 Å². The Morgan fingerprint density at radius 2 is 2.10 bits per heavy atom. The number of imide groups is 1. The normalized spacial score (nSPS) is 21.6. The predicted octanol–water partition coefficient (Wildman–Crippen LogP) is 2.78. The molecule has 1 fully saturated rings. The van der Waals surface area contributed by atoms with E-state index in [-0.39, 0.29) is 12.5 Å². The lowest BCUT2D eigenvalue weighted by Crippen LogP contribution is -2.43. The SMILES string of the molecule is COc1ccc(C2(C)NC(=O)N(CC(=O)NCCC3=CCCCC3)C2=O)cc1C. The smallest absolute Gasteiger partial charge is 0.325 e. The van der Waals surface area contributed by atoms with Crippen LogP contribution in [-0.4, -0.2) is 42.9 Å². The Kier molecular flexibility index (Phi) is 6.25. The van der Waals surface area contributed by atoms with Crippen LogP contribution in [0.3, 0.4) is 0 Å². The minimum Gasteiger partial charge on any atom is -0.496 e. The number of rotatable bonds is 7. The summed E-state index contributed by atoms with van der Waals surface area (Å²) in [6, 6.07) is 4.78. The number of ether oxygens (including phenoxy) is 1. The van der Waals surface area contributed by atoms with Crippen LogP contribution in [0.1, 0.15) is 50.2 Å². The minimum atomic E-state index is -1.21. The van der Waals surface area contributed by atoms with Crippen LogP contribution < -0.4 is 15.4 Å². The molecule has 7 heteroatoms. The summed E-state index contributed by atoms with van der Waals surface area (Å²) in [5.41, 5.74) is 1.68. The number of carbonyl (C=O) groups excluding carboxylic acids is 3. The first-order valence-corrected chi connectivity index (χ1v) is 10.1. The highest BCUT2D eigenvalue weighted by molar-refractivity contribution is 6.09. The van der Waals surface area contributed by atoms with Crippen molar-refractivity contribution in [1.29, 1.82) is 0 Å². The summed E-state index contributed by atoms with van der Waals surface area (Å²) in [7, 11) is 1.58. The highest BCUT2D eigenvalue weighted by Gasteiger charge is 2.49. The van der Waals surface area contributed by atoms with E-state index in [4.69, 9.17) is 4.74 Å². The summed E-state index contributed by atoms with van der Waals surface area (Å²) in [5.74, 6) is -0.0595. The predicted molar refractivity (Wildman–Crippen MR) is 110 cm³/mol. The first kappa shape index (κ1) is 20.9. The van der Waals surface area contributed by atoms with E-state index in [0.29, 0.717) is 17.9 Å². The molecule has 0 spiro atoms. The van der Waals surface area contributed by atoms with E-state index >= 15 is 0 Å². The Labute approximate surface area is 171 Å². The van der Waals surface area contributed by atoms with E-state index in [1.54, 1.807) is 26.2 Å². The highest BCUT2D eigenvalue weighted by atomic mass is 16.5. The van der Waals surface area contributed by atoms with Crippen LogP contribution in [0, 0.1) is 6.92 Å². The molecule has 1 aromatic carbocycles. The number of hydrogen-bond donors (Lipinski definition) is 2. The molecule has 3 rings (SSSR count). The van der Waals surface area contributed by atoms with Gasteiger partial charge in [-0.05, 0) is 69.2 Å². The average molecular weight is 399 g/mol. The zero-order valence-electron chi connectivity index (χ0n) is 17.3. The molecule has 1 atom stereocenters. The molecule has 1 aliphatic carbocycles. The van der Waals surface area contributed by atoms with E-state index in [1.165, 1.54) is 18.4 Å². The number of nitrogens with zero attached hydrogens (tertiary/aromatic N) is 1. The van der Waals surface area contributed by atoms with E-state index in [0.717, 1.165) is 29.7 Å². The number of urea groups is 1. The topological polar surface area (TPSA) is 87.7 Å². The van der Waals surface area contributed by atoms with Crippen LogP contribution in [0.5, 0.6) is 5.75 Å². The van der Waals surface area contributed by atoms with Gasteiger partial charge in [0.05, 0.1) is 7.11 Å². The van der Waals surface area contributed by atoms with Gasteiger partial charge in [0.15, 0.2) is 0 Å². The van der Waals surface area contributed by atoms with E-state index in [9.17, 15) is 14.4 Å². The highest BCUT2D eigenvalue weighted by Crippen LogP contribution is 2.31. The van der Waals surface area contributed by atoms with Crippen molar-refractivity contribution in [3.05, 3.63) is 41.0 Å². The van der Waals surface area contributed by atoms with E-state index in [2.05, 4.69) is 16.7 Å². The molecule has 1 aromatic rings. The van der Waals surface area contributed by atoms with Crippen LogP contribution in [0.25, 0.3) is 0 Å². The van der Waals surface area contributed by atoms with Gasteiger partial charge in [0.25, 0.3) is 5.91 Å². The minimum absolute atomic E-state index is 0.283. The van der Waals surface area contributed by atoms with Crippen molar-refractivity contribution in [2.75, 3.05) is 20.2 Å². The number of amides is 4. The lowest BCUT2D eigenvalue weighted by molar-refractivity contribution is -0.134. The van der Waals surface area contributed by atoms with E-state index in [1.807, 2.05) is 13.0 Å². The number of hydrogen-bond acceptors (Lipinski definition) is 4. The number of carbonyl (C=O) groups is 3. The third-order valence-electron chi connectivity index (χ3n) is 5.70. The van der Waals surface area contributed by atoms with Gasteiger partial charge in [0, 0.05) is 6.54 Å². The molecule has 0 radical (unpaired) electrons. The number of aryl methyl sites for hydroxylation is 1. The number of nitrogens with one attached hydrogen (secondary N) is 2. The summed E-state index contributed by atoms with van der Waals surface area (Å²) < 4.78 is 5.26. The molecule has 0 aromatic heterocycles. The summed E-state index contributed by atoms with van der Waals surface area (Å²) >= 11 is 0. The summed E-state index contributed by atoms with van der Waals surface area (Å²) in [6.45, 7) is 3.76. The molecule has 0 bridgehead atoms. The van der Waals surface area contributed by atoms with Crippen LogP contribution in [0.15, 0.2) is 29.8 Å². The molecule has 2 N–H and O–H groups in total. The van der Waals surface area contributed by atoms with Gasteiger partial charge >= 0.3 is 6.03 Å². The second-order valence-corrected chi connectivity index (χ2v) is 7.84. The zero-order valence-corrected chi connectivity index (χ0v) is 17.3. The molecule has 1 unspecified atom stereocenters. The Morgan fingerprint density at radius 1 is 1.31 bits per heavy atom.